The van der Waals surface area contributed by atoms with E-state index in [4.69, 9.17) is 0 Å². The lowest BCUT2D eigenvalue weighted by atomic mass is 10.2. The molecule has 2 rings (SSSR count). The molecule has 0 bridgehead atoms. The molecule has 0 aliphatic carbocycles. The molecule has 0 radical (unpaired) electrons. The van der Waals surface area contributed by atoms with Gasteiger partial charge >= 0.3 is 0 Å². The second-order valence-corrected chi connectivity index (χ2v) is 5.17. The number of para-hydroxylation sites is 2. The fraction of sp³-hybridized carbons (Fsp3) is 0.500. The van der Waals surface area contributed by atoms with E-state index in [0.29, 0.717) is 12.4 Å². The van der Waals surface area contributed by atoms with Gasteiger partial charge in [-0.2, -0.15) is 0 Å². The van der Waals surface area contributed by atoms with Crippen molar-refractivity contribution < 1.29 is 9.90 Å². The average Bonchev–Trinajstić information content (AvgIpc) is 2.85. The Balaban J connectivity index is 1.97. The predicted molar refractivity (Wildman–Crippen MR) is 82.8 cm³/mol. The molecule has 1 aromatic carbocycles. The van der Waals surface area contributed by atoms with Gasteiger partial charge in [-0.1, -0.05) is 38.3 Å². The van der Waals surface area contributed by atoms with E-state index in [1.54, 1.807) is 4.57 Å². The number of benzene rings is 1. The normalized spacial score (nSPS) is 11.0. The predicted octanol–water partition coefficient (Wildman–Crippen LogP) is 2.23. The number of aliphatic hydroxyl groups excluding tert-OH is 1. The summed E-state index contributed by atoms with van der Waals surface area (Å²) in [6.07, 6.45) is 4.55. The van der Waals surface area contributed by atoms with Crippen LogP contribution in [0.15, 0.2) is 24.3 Å². The smallest absolute Gasteiger partial charge is 0.240 e. The van der Waals surface area contributed by atoms with Crippen LogP contribution < -0.4 is 5.32 Å². The molecule has 5 nitrogen and oxygen atoms in total. The van der Waals surface area contributed by atoms with Crippen LogP contribution in [0.4, 0.5) is 0 Å². The number of rotatable bonds is 8. The van der Waals surface area contributed by atoms with E-state index in [1.807, 2.05) is 24.3 Å². The first-order chi connectivity index (χ1) is 10.3. The third-order valence-electron chi connectivity index (χ3n) is 3.53. The lowest BCUT2D eigenvalue weighted by Gasteiger charge is -2.09. The standard InChI is InChI=1S/C16H23N3O2/c1-2-3-4-7-10-17-16(21)11-19-14-9-6-5-8-13(14)18-15(19)12-20/h5-6,8-9,20H,2-4,7,10-12H2,1H3,(H,17,21). The monoisotopic (exact) mass is 289 g/mol. The van der Waals surface area contributed by atoms with E-state index in [1.165, 1.54) is 12.8 Å². The fourth-order valence-electron chi connectivity index (χ4n) is 2.40. The average molecular weight is 289 g/mol. The minimum atomic E-state index is -0.168. The molecular formula is C16H23N3O2. The van der Waals surface area contributed by atoms with Crippen molar-refractivity contribution >= 4 is 16.9 Å². The minimum Gasteiger partial charge on any atom is -0.388 e. The number of nitrogens with one attached hydrogen (secondary N) is 1. The maximum absolute atomic E-state index is 12.0. The van der Waals surface area contributed by atoms with Crippen LogP contribution in [0.25, 0.3) is 11.0 Å². The summed E-state index contributed by atoms with van der Waals surface area (Å²) in [7, 11) is 0. The van der Waals surface area contributed by atoms with E-state index in [-0.39, 0.29) is 19.1 Å². The molecule has 1 amide bonds. The number of nitrogens with zero attached hydrogens (tertiary/aromatic N) is 2. The first-order valence-corrected chi connectivity index (χ1v) is 7.58. The highest BCUT2D eigenvalue weighted by Gasteiger charge is 2.12. The largest absolute Gasteiger partial charge is 0.388 e. The first-order valence-electron chi connectivity index (χ1n) is 7.58. The Bertz CT molecular complexity index is 592. The Morgan fingerprint density at radius 3 is 2.86 bits per heavy atom. The number of hydrogen-bond acceptors (Lipinski definition) is 3. The molecule has 0 atom stereocenters. The van der Waals surface area contributed by atoms with Gasteiger partial charge in [0.1, 0.15) is 19.0 Å². The van der Waals surface area contributed by atoms with E-state index < -0.39 is 0 Å². The maximum atomic E-state index is 12.0. The van der Waals surface area contributed by atoms with Crippen molar-refractivity contribution in [3.05, 3.63) is 30.1 Å². The maximum Gasteiger partial charge on any atom is 0.240 e. The number of aliphatic hydroxyl groups is 1. The van der Waals surface area contributed by atoms with Gasteiger partial charge in [0.2, 0.25) is 5.91 Å². The zero-order chi connectivity index (χ0) is 15.1. The molecule has 0 aliphatic heterocycles. The number of imidazole rings is 1. The zero-order valence-electron chi connectivity index (χ0n) is 12.5. The van der Waals surface area contributed by atoms with Crippen LogP contribution in [0.1, 0.15) is 38.4 Å². The van der Waals surface area contributed by atoms with Gasteiger partial charge in [0.05, 0.1) is 11.0 Å². The number of aromatic nitrogens is 2. The molecule has 1 aromatic heterocycles. The summed E-state index contributed by atoms with van der Waals surface area (Å²) in [6, 6.07) is 7.60. The molecule has 0 fully saturated rings. The summed E-state index contributed by atoms with van der Waals surface area (Å²) in [5, 5.41) is 12.3. The van der Waals surface area contributed by atoms with Gasteiger partial charge in [0, 0.05) is 6.54 Å². The van der Waals surface area contributed by atoms with Crippen LogP contribution in [-0.2, 0) is 17.9 Å². The highest BCUT2D eigenvalue weighted by molar-refractivity contribution is 5.81. The number of carbonyl (C=O) groups is 1. The SMILES string of the molecule is CCCCCCNC(=O)Cn1c(CO)nc2ccccc21. The zero-order valence-corrected chi connectivity index (χ0v) is 12.5. The number of hydrogen-bond donors (Lipinski definition) is 2. The number of carbonyl (C=O) groups excluding carboxylic acids is 1. The second-order valence-electron chi connectivity index (χ2n) is 5.17. The summed E-state index contributed by atoms with van der Waals surface area (Å²) in [4.78, 5) is 16.4. The quantitative estimate of drug-likeness (QED) is 0.732. The van der Waals surface area contributed by atoms with Crippen LogP contribution in [0.3, 0.4) is 0 Å². The molecule has 1 heterocycles. The van der Waals surface area contributed by atoms with Crippen LogP contribution in [0.2, 0.25) is 0 Å². The van der Waals surface area contributed by atoms with E-state index in [9.17, 15) is 9.90 Å². The first kappa shape index (κ1) is 15.5. The van der Waals surface area contributed by atoms with Gasteiger partial charge in [-0.25, -0.2) is 4.98 Å². The summed E-state index contributed by atoms with van der Waals surface area (Å²) >= 11 is 0. The van der Waals surface area contributed by atoms with Crippen molar-refractivity contribution in [2.45, 2.75) is 45.8 Å². The van der Waals surface area contributed by atoms with Crippen LogP contribution >= 0.6 is 0 Å². The molecule has 5 heteroatoms. The van der Waals surface area contributed by atoms with E-state index in [0.717, 1.165) is 23.9 Å². The molecule has 2 aromatic rings. The van der Waals surface area contributed by atoms with Gasteiger partial charge in [-0.05, 0) is 18.6 Å². The number of unbranched alkanes of at least 4 members (excludes halogenated alkanes) is 3. The molecule has 114 valence electrons. The van der Waals surface area contributed by atoms with Gasteiger partial charge < -0.3 is 15.0 Å². The Kier molecular flexibility index (Phi) is 5.75. The number of fused-ring (bicyclic) bond motifs is 1. The lowest BCUT2D eigenvalue weighted by Crippen LogP contribution is -2.29. The highest BCUT2D eigenvalue weighted by atomic mass is 16.3. The Labute approximate surface area is 125 Å². The third-order valence-corrected chi connectivity index (χ3v) is 3.53. The van der Waals surface area contributed by atoms with Crippen molar-refractivity contribution in [1.82, 2.24) is 14.9 Å². The molecule has 0 saturated carbocycles. The van der Waals surface area contributed by atoms with Crippen molar-refractivity contribution in [2.24, 2.45) is 0 Å². The van der Waals surface area contributed by atoms with Gasteiger partial charge in [0.25, 0.3) is 0 Å². The van der Waals surface area contributed by atoms with Crippen molar-refractivity contribution in [3.8, 4) is 0 Å². The second kappa shape index (κ2) is 7.78. The number of amides is 1. The fourth-order valence-corrected chi connectivity index (χ4v) is 2.40. The highest BCUT2D eigenvalue weighted by Crippen LogP contribution is 2.15. The van der Waals surface area contributed by atoms with E-state index >= 15 is 0 Å². The molecule has 2 N–H and O–H groups in total. The molecule has 0 saturated heterocycles. The Morgan fingerprint density at radius 1 is 1.29 bits per heavy atom. The molecule has 0 unspecified atom stereocenters. The topological polar surface area (TPSA) is 67.2 Å². The molecule has 21 heavy (non-hydrogen) atoms. The third kappa shape index (κ3) is 4.04. The van der Waals surface area contributed by atoms with Crippen molar-refractivity contribution in [1.29, 1.82) is 0 Å². The van der Waals surface area contributed by atoms with Crippen LogP contribution in [0, 0.1) is 0 Å². The molecule has 0 spiro atoms. The summed E-state index contributed by atoms with van der Waals surface area (Å²) in [5.41, 5.74) is 1.68. The Morgan fingerprint density at radius 2 is 2.10 bits per heavy atom. The molecule has 0 aliphatic rings. The molecular weight excluding hydrogens is 266 g/mol. The van der Waals surface area contributed by atoms with Crippen molar-refractivity contribution in [3.63, 3.8) is 0 Å². The van der Waals surface area contributed by atoms with Crippen LogP contribution in [-0.4, -0.2) is 27.1 Å². The van der Waals surface area contributed by atoms with Gasteiger partial charge in [0.15, 0.2) is 0 Å². The van der Waals surface area contributed by atoms with Gasteiger partial charge in [-0.3, -0.25) is 4.79 Å². The summed E-state index contributed by atoms with van der Waals surface area (Å²) in [6.45, 7) is 2.90. The van der Waals surface area contributed by atoms with E-state index in [2.05, 4.69) is 17.2 Å². The van der Waals surface area contributed by atoms with Crippen molar-refractivity contribution in [2.75, 3.05) is 6.54 Å². The van der Waals surface area contributed by atoms with Crippen LogP contribution in [0.5, 0.6) is 0 Å². The lowest BCUT2D eigenvalue weighted by molar-refractivity contribution is -0.121. The Hall–Kier alpha value is -1.88. The summed E-state index contributed by atoms with van der Waals surface area (Å²) in [5.74, 6) is 0.488. The minimum absolute atomic E-state index is 0.0376. The van der Waals surface area contributed by atoms with Gasteiger partial charge in [-0.15, -0.1) is 0 Å². The summed E-state index contributed by atoms with van der Waals surface area (Å²) < 4.78 is 1.77.